The Morgan fingerprint density at radius 2 is 1.48 bits per heavy atom. The van der Waals surface area contributed by atoms with Crippen LogP contribution < -0.4 is 11.5 Å². The predicted octanol–water partition coefficient (Wildman–Crippen LogP) is 12.2. The van der Waals surface area contributed by atoms with Crippen molar-refractivity contribution in [2.24, 2.45) is 63.7 Å². The first-order chi connectivity index (χ1) is 26.3. The average molecular weight is 782 g/mol. The highest BCUT2D eigenvalue weighted by atomic mass is 16.5. The van der Waals surface area contributed by atoms with E-state index in [1.54, 1.807) is 5.57 Å². The van der Waals surface area contributed by atoms with Crippen molar-refractivity contribution in [3.63, 3.8) is 0 Å². The summed E-state index contributed by atoms with van der Waals surface area (Å²) in [6.45, 7) is 24.7. The molecule has 6 heteroatoms. The lowest BCUT2D eigenvalue weighted by molar-refractivity contribution is -0.153. The van der Waals surface area contributed by atoms with Crippen molar-refractivity contribution in [2.75, 3.05) is 13.1 Å². The summed E-state index contributed by atoms with van der Waals surface area (Å²) in [5.74, 6) is 5.61. The molecule has 9 atom stereocenters. The Morgan fingerprint density at radius 3 is 2.12 bits per heavy atom. The summed E-state index contributed by atoms with van der Waals surface area (Å²) in [7, 11) is 0. The molecule has 4 rings (SSSR count). The minimum absolute atomic E-state index is 0.0569. The van der Waals surface area contributed by atoms with E-state index in [4.69, 9.17) is 16.2 Å². The van der Waals surface area contributed by atoms with Crippen LogP contribution in [0, 0.1) is 52.3 Å². The third-order valence-electron chi connectivity index (χ3n) is 16.2. The number of carbonyl (C=O) groups is 2. The van der Waals surface area contributed by atoms with Crippen molar-refractivity contribution in [2.45, 2.75) is 228 Å². The zero-order chi connectivity index (χ0) is 41.3. The van der Waals surface area contributed by atoms with Crippen LogP contribution in [-0.2, 0) is 14.3 Å². The summed E-state index contributed by atoms with van der Waals surface area (Å²) in [6, 6.07) is 0. The standard InChI is InChI=1S/C50H91N3O3/c1-11-38(36(2)3)20-19-37(4)42-23-24-43-41-22-21-39-35-40(27-30-49(39,9)44(41)28-31-50(42,43)10)56-46(55)26-25-45(54)53(34-32-48(7,8)52)33-18-16-14-12-13-15-17-29-47(5,6)51/h21,36-38,40-44H,11-20,22-35,51-52H2,1-10H3/t37-,38-,40+,41+,42-,43+,44+,49+,50-/m1/s1. The predicted molar refractivity (Wildman–Crippen MR) is 236 cm³/mol. The molecule has 0 heterocycles. The van der Waals surface area contributed by atoms with E-state index >= 15 is 0 Å². The van der Waals surface area contributed by atoms with Gasteiger partial charge < -0.3 is 21.1 Å². The van der Waals surface area contributed by atoms with E-state index in [0.717, 1.165) is 92.9 Å². The summed E-state index contributed by atoms with van der Waals surface area (Å²) < 4.78 is 6.15. The van der Waals surface area contributed by atoms with Gasteiger partial charge in [0.2, 0.25) is 5.91 Å². The van der Waals surface area contributed by atoms with Gasteiger partial charge in [0, 0.05) is 37.0 Å². The zero-order valence-electron chi connectivity index (χ0n) is 38.5. The SMILES string of the molecule is CC[C@H](CC[C@@H](C)[C@H]1CC[C@H]2[C@@H]3CC=C4C[C@@H](OC(=O)CCC(=O)N(CCCCCCCCCC(C)(C)N)CCC(C)(C)N)CC[C@]4(C)[C@H]3CC[C@]12C)C(C)C. The number of amides is 1. The second kappa shape index (κ2) is 20.7. The summed E-state index contributed by atoms with van der Waals surface area (Å²) in [5.41, 5.74) is 14.3. The normalized spacial score (nSPS) is 30.2. The summed E-state index contributed by atoms with van der Waals surface area (Å²) in [6.07, 6.45) is 26.8. The van der Waals surface area contributed by atoms with Gasteiger partial charge in [0.25, 0.3) is 0 Å². The largest absolute Gasteiger partial charge is 0.462 e. The average Bonchev–Trinajstić information content (AvgIpc) is 3.47. The first-order valence-electron chi connectivity index (χ1n) is 24.0. The third-order valence-corrected chi connectivity index (χ3v) is 16.2. The van der Waals surface area contributed by atoms with E-state index in [0.29, 0.717) is 12.0 Å². The molecule has 0 unspecified atom stereocenters. The number of fused-ring (bicyclic) bond motifs is 5. The molecule has 3 fully saturated rings. The van der Waals surface area contributed by atoms with Crippen LogP contribution in [0.15, 0.2) is 11.6 Å². The number of hydrogen-bond acceptors (Lipinski definition) is 5. The topological polar surface area (TPSA) is 98.7 Å². The Labute approximate surface area is 346 Å². The molecule has 0 aromatic carbocycles. The highest BCUT2D eigenvalue weighted by Crippen LogP contribution is 2.67. The zero-order valence-corrected chi connectivity index (χ0v) is 38.5. The van der Waals surface area contributed by atoms with E-state index in [2.05, 4.69) is 61.5 Å². The molecule has 0 spiro atoms. The molecule has 4 N–H and O–H groups in total. The fraction of sp³-hybridized carbons (Fsp3) is 0.920. The Balaban J connectivity index is 1.23. The van der Waals surface area contributed by atoms with Crippen LogP contribution in [0.25, 0.3) is 0 Å². The molecular formula is C50H91N3O3. The van der Waals surface area contributed by atoms with Crippen molar-refractivity contribution in [3.05, 3.63) is 11.6 Å². The number of esters is 1. The maximum absolute atomic E-state index is 13.5. The molecule has 0 aromatic rings. The highest BCUT2D eigenvalue weighted by molar-refractivity contribution is 5.81. The van der Waals surface area contributed by atoms with Crippen molar-refractivity contribution >= 4 is 11.9 Å². The number of nitrogens with zero attached hydrogens (tertiary/aromatic N) is 1. The molecule has 0 radical (unpaired) electrons. The quantitative estimate of drug-likeness (QED) is 0.0611. The lowest BCUT2D eigenvalue weighted by Crippen LogP contribution is -2.51. The molecule has 1 amide bonds. The Hall–Kier alpha value is -1.40. The lowest BCUT2D eigenvalue weighted by Gasteiger charge is -2.58. The molecular weight excluding hydrogens is 691 g/mol. The van der Waals surface area contributed by atoms with E-state index in [9.17, 15) is 9.59 Å². The minimum Gasteiger partial charge on any atom is -0.462 e. The first-order valence-corrected chi connectivity index (χ1v) is 24.0. The lowest BCUT2D eigenvalue weighted by atomic mass is 9.47. The van der Waals surface area contributed by atoms with Crippen LogP contribution in [0.1, 0.15) is 210 Å². The third kappa shape index (κ3) is 13.0. The molecule has 0 saturated heterocycles. The molecule has 3 saturated carbocycles. The van der Waals surface area contributed by atoms with Crippen LogP contribution in [0.4, 0.5) is 0 Å². The van der Waals surface area contributed by atoms with Crippen LogP contribution in [-0.4, -0.2) is 47.0 Å². The van der Waals surface area contributed by atoms with Gasteiger partial charge in [-0.2, -0.15) is 0 Å². The molecule has 0 aromatic heterocycles. The number of unbranched alkanes of at least 4 members (excludes halogenated alkanes) is 6. The Bertz CT molecular complexity index is 1260. The Morgan fingerprint density at radius 1 is 0.821 bits per heavy atom. The minimum atomic E-state index is -0.334. The van der Waals surface area contributed by atoms with Gasteiger partial charge in [-0.05, 0) is 151 Å². The van der Waals surface area contributed by atoms with E-state index < -0.39 is 0 Å². The fourth-order valence-corrected chi connectivity index (χ4v) is 12.6. The van der Waals surface area contributed by atoms with E-state index in [1.807, 2.05) is 18.7 Å². The van der Waals surface area contributed by atoms with Gasteiger partial charge in [-0.3, -0.25) is 9.59 Å². The molecule has 4 aliphatic rings. The molecule has 0 aliphatic heterocycles. The summed E-state index contributed by atoms with van der Waals surface area (Å²) >= 11 is 0. The molecule has 0 bridgehead atoms. The number of nitrogens with two attached hydrogens (primary N) is 2. The number of rotatable bonds is 23. The van der Waals surface area contributed by atoms with Crippen molar-refractivity contribution < 1.29 is 14.3 Å². The van der Waals surface area contributed by atoms with Gasteiger partial charge in [0.15, 0.2) is 0 Å². The van der Waals surface area contributed by atoms with Crippen LogP contribution in [0.3, 0.4) is 0 Å². The number of hydrogen-bond donors (Lipinski definition) is 2. The van der Waals surface area contributed by atoms with Gasteiger partial charge in [0.05, 0.1) is 6.42 Å². The smallest absolute Gasteiger partial charge is 0.306 e. The van der Waals surface area contributed by atoms with E-state index in [1.165, 1.54) is 83.5 Å². The summed E-state index contributed by atoms with van der Waals surface area (Å²) in [4.78, 5) is 28.6. The van der Waals surface area contributed by atoms with Crippen LogP contribution in [0.5, 0.6) is 0 Å². The Kier molecular flexibility index (Phi) is 17.5. The number of ether oxygens (including phenoxy) is 1. The molecule has 56 heavy (non-hydrogen) atoms. The monoisotopic (exact) mass is 782 g/mol. The second-order valence-corrected chi connectivity index (χ2v) is 22.1. The van der Waals surface area contributed by atoms with Gasteiger partial charge in [0.1, 0.15) is 6.10 Å². The first kappa shape index (κ1) is 47.3. The van der Waals surface area contributed by atoms with Gasteiger partial charge >= 0.3 is 5.97 Å². The number of carbonyl (C=O) groups excluding carboxylic acids is 2. The van der Waals surface area contributed by atoms with E-state index in [-0.39, 0.29) is 47.3 Å². The summed E-state index contributed by atoms with van der Waals surface area (Å²) in [5, 5.41) is 0. The van der Waals surface area contributed by atoms with Gasteiger partial charge in [-0.1, -0.05) is 105 Å². The van der Waals surface area contributed by atoms with Crippen molar-refractivity contribution in [1.29, 1.82) is 0 Å². The van der Waals surface area contributed by atoms with Crippen LogP contribution >= 0.6 is 0 Å². The van der Waals surface area contributed by atoms with Gasteiger partial charge in [-0.15, -0.1) is 0 Å². The number of allylic oxidation sites excluding steroid dienone is 1. The van der Waals surface area contributed by atoms with Crippen molar-refractivity contribution in [1.82, 2.24) is 4.90 Å². The van der Waals surface area contributed by atoms with Crippen LogP contribution in [0.2, 0.25) is 0 Å². The fourth-order valence-electron chi connectivity index (χ4n) is 12.6. The molecule has 324 valence electrons. The maximum atomic E-state index is 13.5. The van der Waals surface area contributed by atoms with Gasteiger partial charge in [-0.25, -0.2) is 0 Å². The molecule has 4 aliphatic carbocycles. The van der Waals surface area contributed by atoms with Crippen molar-refractivity contribution in [3.8, 4) is 0 Å². The maximum Gasteiger partial charge on any atom is 0.306 e. The highest BCUT2D eigenvalue weighted by Gasteiger charge is 2.59. The second-order valence-electron chi connectivity index (χ2n) is 22.1. The molecule has 6 nitrogen and oxygen atoms in total.